The standard InChI is InChI=1S/C18H36O3.Ti/c1-2-3-4-5-6-7-8-9-10-11-12-13-14-15-16-17-18(19)21-20;/h20H,2-17H2,1H3;. The Balaban J connectivity index is 0. The predicted molar refractivity (Wildman–Crippen MR) is 88.3 cm³/mol. The normalized spacial score (nSPS) is 10.3. The molecule has 0 unspecified atom stereocenters. The zero-order chi connectivity index (χ0) is 15.6. The second kappa shape index (κ2) is 21.1. The summed E-state index contributed by atoms with van der Waals surface area (Å²) in [6.45, 7) is 2.27. The van der Waals surface area contributed by atoms with Crippen LogP contribution < -0.4 is 0 Å². The van der Waals surface area contributed by atoms with E-state index >= 15 is 0 Å². The van der Waals surface area contributed by atoms with E-state index in [0.29, 0.717) is 6.42 Å². The quantitative estimate of drug-likeness (QED) is 0.155. The van der Waals surface area contributed by atoms with Crippen molar-refractivity contribution in [2.75, 3.05) is 0 Å². The number of carbonyl (C=O) groups excluding carboxylic acids is 1. The van der Waals surface area contributed by atoms with Crippen LogP contribution in [-0.4, -0.2) is 11.2 Å². The zero-order valence-electron chi connectivity index (χ0n) is 14.6. The second-order valence-corrected chi connectivity index (χ2v) is 6.16. The molecule has 0 rings (SSSR count). The van der Waals surface area contributed by atoms with Gasteiger partial charge in [0.2, 0.25) is 0 Å². The summed E-state index contributed by atoms with van der Waals surface area (Å²) in [4.78, 5) is 14.3. The summed E-state index contributed by atoms with van der Waals surface area (Å²) >= 11 is 0. The topological polar surface area (TPSA) is 46.5 Å². The molecule has 0 radical (unpaired) electrons. The minimum absolute atomic E-state index is 0. The van der Waals surface area contributed by atoms with Crippen molar-refractivity contribution in [3.05, 3.63) is 0 Å². The van der Waals surface area contributed by atoms with Crippen molar-refractivity contribution < 1.29 is 36.7 Å². The van der Waals surface area contributed by atoms with Crippen LogP contribution in [0.2, 0.25) is 0 Å². The summed E-state index contributed by atoms with van der Waals surface area (Å²) < 4.78 is 0. The molecule has 1 N–H and O–H groups in total. The molecular weight excluding hydrogens is 312 g/mol. The molecule has 0 atom stereocenters. The van der Waals surface area contributed by atoms with Gasteiger partial charge < -0.3 is 4.89 Å². The number of hydrogen-bond donors (Lipinski definition) is 1. The van der Waals surface area contributed by atoms with Crippen molar-refractivity contribution >= 4 is 5.97 Å². The van der Waals surface area contributed by atoms with Gasteiger partial charge >= 0.3 is 5.97 Å². The van der Waals surface area contributed by atoms with E-state index in [4.69, 9.17) is 5.26 Å². The molecule has 0 bridgehead atoms. The maximum Gasteiger partial charge on any atom is 0.342 e. The first kappa shape index (κ1) is 24.4. The average molecular weight is 348 g/mol. The van der Waals surface area contributed by atoms with Gasteiger partial charge in [-0.25, -0.2) is 4.79 Å². The van der Waals surface area contributed by atoms with Crippen molar-refractivity contribution in [2.45, 2.75) is 110 Å². The van der Waals surface area contributed by atoms with Gasteiger partial charge in [0.15, 0.2) is 0 Å². The number of hydrogen-bond acceptors (Lipinski definition) is 3. The van der Waals surface area contributed by atoms with Crippen LogP contribution in [0.4, 0.5) is 0 Å². The third-order valence-corrected chi connectivity index (χ3v) is 4.09. The summed E-state index contributed by atoms with van der Waals surface area (Å²) in [5.41, 5.74) is 0. The smallest absolute Gasteiger partial charge is 0.301 e. The molecule has 0 spiro atoms. The Labute approximate surface area is 152 Å². The van der Waals surface area contributed by atoms with Gasteiger partial charge in [-0.1, -0.05) is 96.8 Å². The third kappa shape index (κ3) is 20.1. The number of rotatable bonds is 16. The first-order valence-electron chi connectivity index (χ1n) is 9.15. The molecule has 0 aliphatic rings. The minimum Gasteiger partial charge on any atom is -0.301 e. The van der Waals surface area contributed by atoms with E-state index in [-0.39, 0.29) is 21.7 Å². The van der Waals surface area contributed by atoms with Crippen LogP contribution in [0.5, 0.6) is 0 Å². The fourth-order valence-corrected chi connectivity index (χ4v) is 2.69. The Morgan fingerprint density at radius 1 is 0.682 bits per heavy atom. The summed E-state index contributed by atoms with van der Waals surface area (Å²) in [5.74, 6) is -0.510. The van der Waals surface area contributed by atoms with E-state index in [9.17, 15) is 4.79 Å². The minimum atomic E-state index is -0.510. The largest absolute Gasteiger partial charge is 0.342 e. The maximum absolute atomic E-state index is 10.7. The molecule has 3 nitrogen and oxygen atoms in total. The fourth-order valence-electron chi connectivity index (χ4n) is 2.69. The van der Waals surface area contributed by atoms with E-state index < -0.39 is 5.97 Å². The Hall–Kier alpha value is 0.144. The van der Waals surface area contributed by atoms with Crippen LogP contribution in [0, 0.1) is 0 Å². The van der Waals surface area contributed by atoms with E-state index in [1.54, 1.807) is 0 Å². The van der Waals surface area contributed by atoms with Crippen molar-refractivity contribution in [3.8, 4) is 0 Å². The maximum atomic E-state index is 10.7. The molecule has 0 aromatic rings. The van der Waals surface area contributed by atoms with Crippen LogP contribution >= 0.6 is 0 Å². The van der Waals surface area contributed by atoms with Gasteiger partial charge in [0.05, 0.1) is 0 Å². The molecule has 4 heteroatoms. The Kier molecular flexibility index (Phi) is 23.4. The third-order valence-electron chi connectivity index (χ3n) is 4.09. The monoisotopic (exact) mass is 348 g/mol. The summed E-state index contributed by atoms with van der Waals surface area (Å²) in [5, 5.41) is 8.10. The number of unbranched alkanes of at least 4 members (excludes halogenated alkanes) is 14. The van der Waals surface area contributed by atoms with E-state index in [2.05, 4.69) is 11.8 Å². The van der Waals surface area contributed by atoms with E-state index in [1.807, 2.05) is 0 Å². The van der Waals surface area contributed by atoms with Crippen LogP contribution in [-0.2, 0) is 31.4 Å². The fraction of sp³-hybridized carbons (Fsp3) is 0.944. The molecule has 0 saturated heterocycles. The number of carbonyl (C=O) groups is 1. The van der Waals surface area contributed by atoms with Gasteiger partial charge in [-0.15, -0.1) is 0 Å². The summed E-state index contributed by atoms with van der Waals surface area (Å²) in [7, 11) is 0. The Morgan fingerprint density at radius 3 is 1.32 bits per heavy atom. The zero-order valence-corrected chi connectivity index (χ0v) is 16.1. The Morgan fingerprint density at radius 2 is 1.00 bits per heavy atom. The molecule has 22 heavy (non-hydrogen) atoms. The SMILES string of the molecule is CCCCCCCCCCCCCCCCCC(=O)OO.[Ti]. The molecule has 0 aliphatic heterocycles. The summed E-state index contributed by atoms with van der Waals surface area (Å²) in [6.07, 6.45) is 20.0. The first-order valence-corrected chi connectivity index (χ1v) is 9.15. The molecule has 0 aliphatic carbocycles. The van der Waals surface area contributed by atoms with Gasteiger partial charge in [0, 0.05) is 28.1 Å². The van der Waals surface area contributed by atoms with Gasteiger partial charge in [-0.2, -0.15) is 5.26 Å². The van der Waals surface area contributed by atoms with Gasteiger partial charge in [-0.05, 0) is 6.42 Å². The van der Waals surface area contributed by atoms with Crippen molar-refractivity contribution in [1.82, 2.24) is 0 Å². The molecule has 0 heterocycles. The average Bonchev–Trinajstić information content (AvgIpc) is 2.50. The molecule has 0 aromatic carbocycles. The Bertz CT molecular complexity index is 222. The van der Waals surface area contributed by atoms with Gasteiger partial charge in [0.1, 0.15) is 0 Å². The first-order chi connectivity index (χ1) is 10.3. The van der Waals surface area contributed by atoms with Crippen LogP contribution in [0.3, 0.4) is 0 Å². The predicted octanol–water partition coefficient (Wildman–Crippen LogP) is 6.26. The molecular formula is C18H36O3Ti. The molecule has 130 valence electrons. The van der Waals surface area contributed by atoms with Crippen molar-refractivity contribution in [3.63, 3.8) is 0 Å². The summed E-state index contributed by atoms with van der Waals surface area (Å²) in [6, 6.07) is 0. The molecule has 0 saturated carbocycles. The van der Waals surface area contributed by atoms with E-state index in [1.165, 1.54) is 83.5 Å². The van der Waals surface area contributed by atoms with E-state index in [0.717, 1.165) is 12.8 Å². The molecule has 0 fully saturated rings. The van der Waals surface area contributed by atoms with Crippen LogP contribution in [0.1, 0.15) is 110 Å². The van der Waals surface area contributed by atoms with Gasteiger partial charge in [-0.3, -0.25) is 0 Å². The second-order valence-electron chi connectivity index (χ2n) is 6.16. The van der Waals surface area contributed by atoms with Crippen LogP contribution in [0.25, 0.3) is 0 Å². The molecule has 0 aromatic heterocycles. The van der Waals surface area contributed by atoms with Crippen LogP contribution in [0.15, 0.2) is 0 Å². The van der Waals surface area contributed by atoms with Crippen molar-refractivity contribution in [1.29, 1.82) is 0 Å². The van der Waals surface area contributed by atoms with Gasteiger partial charge in [0.25, 0.3) is 0 Å². The van der Waals surface area contributed by atoms with Crippen molar-refractivity contribution in [2.24, 2.45) is 0 Å². The molecule has 0 amide bonds.